The average Bonchev–Trinajstić information content (AvgIpc) is 2.55. The summed E-state index contributed by atoms with van der Waals surface area (Å²) < 4.78 is 0. The Kier molecular flexibility index (Phi) is 4.87. The van der Waals surface area contributed by atoms with Gasteiger partial charge in [-0.2, -0.15) is 0 Å². The van der Waals surface area contributed by atoms with Gasteiger partial charge in [0.05, 0.1) is 10.5 Å². The molecular formula is C18H20N2O4. The minimum atomic E-state index is -0.506. The number of nitro benzene ring substituents is 1. The highest BCUT2D eigenvalue weighted by atomic mass is 16.6. The summed E-state index contributed by atoms with van der Waals surface area (Å²) in [7, 11) is 0. The van der Waals surface area contributed by atoms with Crippen LogP contribution in [0.3, 0.4) is 0 Å². The summed E-state index contributed by atoms with van der Waals surface area (Å²) in [4.78, 5) is 22.6. The molecule has 6 nitrogen and oxygen atoms in total. The maximum atomic E-state index is 12.4. The quantitative estimate of drug-likeness (QED) is 0.634. The van der Waals surface area contributed by atoms with Gasteiger partial charge in [-0.1, -0.05) is 26.8 Å². The Morgan fingerprint density at radius 3 is 2.38 bits per heavy atom. The fourth-order valence-corrected chi connectivity index (χ4v) is 2.21. The number of hydrogen-bond acceptors (Lipinski definition) is 4. The Morgan fingerprint density at radius 1 is 1.21 bits per heavy atom. The van der Waals surface area contributed by atoms with Gasteiger partial charge in [-0.3, -0.25) is 14.9 Å². The lowest BCUT2D eigenvalue weighted by molar-refractivity contribution is -0.384. The second-order valence-corrected chi connectivity index (χ2v) is 6.23. The maximum absolute atomic E-state index is 12.4. The van der Waals surface area contributed by atoms with Crippen LogP contribution in [0.2, 0.25) is 0 Å². The van der Waals surface area contributed by atoms with Crippen molar-refractivity contribution in [2.24, 2.45) is 0 Å². The lowest BCUT2D eigenvalue weighted by Crippen LogP contribution is -2.18. The average molecular weight is 328 g/mol. The molecule has 6 heteroatoms. The molecule has 126 valence electrons. The molecule has 2 N–H and O–H groups in total. The first-order valence-corrected chi connectivity index (χ1v) is 7.64. The van der Waals surface area contributed by atoms with Crippen LogP contribution < -0.4 is 5.32 Å². The number of nitro groups is 1. The smallest absolute Gasteiger partial charge is 0.269 e. The van der Waals surface area contributed by atoms with Crippen molar-refractivity contribution in [2.75, 3.05) is 5.32 Å². The summed E-state index contributed by atoms with van der Waals surface area (Å²) in [5, 5.41) is 23.3. The Hall–Kier alpha value is -2.89. The van der Waals surface area contributed by atoms with Crippen LogP contribution in [-0.4, -0.2) is 15.9 Å². The number of nitrogens with zero attached hydrogens (tertiary/aromatic N) is 1. The van der Waals surface area contributed by atoms with E-state index in [1.807, 2.05) is 6.07 Å². The number of hydrogen-bond donors (Lipinski definition) is 2. The normalized spacial score (nSPS) is 11.1. The largest absolute Gasteiger partial charge is 0.507 e. The molecule has 0 unspecified atom stereocenters. The molecule has 0 aliphatic rings. The minimum Gasteiger partial charge on any atom is -0.507 e. The molecule has 0 aliphatic heterocycles. The second kappa shape index (κ2) is 6.70. The van der Waals surface area contributed by atoms with E-state index in [9.17, 15) is 20.0 Å². The molecule has 0 heterocycles. The molecule has 0 saturated carbocycles. The number of carbonyl (C=O) groups is 1. The van der Waals surface area contributed by atoms with E-state index in [0.29, 0.717) is 5.69 Å². The summed E-state index contributed by atoms with van der Waals surface area (Å²) in [6.07, 6.45) is 0.890. The number of rotatable bonds is 5. The number of phenolic OH excluding ortho intramolecular Hbond substituents is 1. The lowest BCUT2D eigenvalue weighted by atomic mass is 9.81. The van der Waals surface area contributed by atoms with Gasteiger partial charge in [-0.25, -0.2) is 0 Å². The summed E-state index contributed by atoms with van der Waals surface area (Å²) in [6, 6.07) is 10.5. The number of carbonyl (C=O) groups excluding carboxylic acids is 1. The van der Waals surface area contributed by atoms with Crippen molar-refractivity contribution in [2.45, 2.75) is 32.6 Å². The molecule has 0 radical (unpaired) electrons. The van der Waals surface area contributed by atoms with E-state index >= 15 is 0 Å². The molecule has 0 aromatic heterocycles. The molecule has 2 aromatic carbocycles. The van der Waals surface area contributed by atoms with Crippen LogP contribution in [0.5, 0.6) is 5.75 Å². The van der Waals surface area contributed by atoms with Gasteiger partial charge in [0.25, 0.3) is 11.6 Å². The van der Waals surface area contributed by atoms with Crippen LogP contribution >= 0.6 is 0 Å². The Labute approximate surface area is 140 Å². The Balaban J connectivity index is 2.26. The van der Waals surface area contributed by atoms with Crippen molar-refractivity contribution in [1.82, 2.24) is 0 Å². The number of aromatic hydroxyl groups is 1. The third-order valence-electron chi connectivity index (χ3n) is 4.24. The number of amides is 1. The van der Waals surface area contributed by atoms with E-state index in [-0.39, 0.29) is 22.4 Å². The number of anilines is 1. The van der Waals surface area contributed by atoms with Crippen LogP contribution in [0.4, 0.5) is 11.4 Å². The molecule has 0 atom stereocenters. The number of benzene rings is 2. The zero-order valence-electron chi connectivity index (χ0n) is 13.9. The first kappa shape index (κ1) is 17.5. The van der Waals surface area contributed by atoms with Crippen molar-refractivity contribution >= 4 is 17.3 Å². The van der Waals surface area contributed by atoms with E-state index < -0.39 is 10.8 Å². The molecule has 24 heavy (non-hydrogen) atoms. The van der Waals surface area contributed by atoms with Crippen LogP contribution in [0.15, 0.2) is 42.5 Å². The van der Waals surface area contributed by atoms with E-state index in [1.54, 1.807) is 6.07 Å². The summed E-state index contributed by atoms with van der Waals surface area (Å²) >= 11 is 0. The predicted octanol–water partition coefficient (Wildman–Crippen LogP) is 4.24. The van der Waals surface area contributed by atoms with Crippen molar-refractivity contribution < 1.29 is 14.8 Å². The highest BCUT2D eigenvalue weighted by molar-refractivity contribution is 6.06. The van der Waals surface area contributed by atoms with Crippen LogP contribution in [0, 0.1) is 10.1 Å². The standard InChI is InChI=1S/C18H20N2O4/c1-4-18(2,3)12-5-10-16(21)15(11-12)17(22)19-13-6-8-14(9-7-13)20(23)24/h5-11,21H,4H2,1-3H3,(H,19,22). The summed E-state index contributed by atoms with van der Waals surface area (Å²) in [5.41, 5.74) is 1.38. The third kappa shape index (κ3) is 3.71. The monoisotopic (exact) mass is 328 g/mol. The van der Waals surface area contributed by atoms with Crippen molar-refractivity contribution in [3.63, 3.8) is 0 Å². The SMILES string of the molecule is CCC(C)(C)c1ccc(O)c(C(=O)Nc2ccc([N+](=O)[O-])cc2)c1. The first-order valence-electron chi connectivity index (χ1n) is 7.64. The van der Waals surface area contributed by atoms with Crippen molar-refractivity contribution in [3.05, 3.63) is 63.7 Å². The molecule has 0 saturated heterocycles. The second-order valence-electron chi connectivity index (χ2n) is 6.23. The van der Waals surface area contributed by atoms with E-state index in [4.69, 9.17) is 0 Å². The summed E-state index contributed by atoms with van der Waals surface area (Å²) in [6.45, 7) is 6.19. The molecule has 2 aromatic rings. The maximum Gasteiger partial charge on any atom is 0.269 e. The van der Waals surface area contributed by atoms with Gasteiger partial charge in [-0.05, 0) is 41.7 Å². The summed E-state index contributed by atoms with van der Waals surface area (Å²) in [5.74, 6) is -0.569. The van der Waals surface area contributed by atoms with Gasteiger partial charge in [0.1, 0.15) is 5.75 Å². The fraction of sp³-hybridized carbons (Fsp3) is 0.278. The zero-order valence-corrected chi connectivity index (χ0v) is 13.9. The van der Waals surface area contributed by atoms with E-state index in [2.05, 4.69) is 26.1 Å². The fourth-order valence-electron chi connectivity index (χ4n) is 2.21. The topological polar surface area (TPSA) is 92.5 Å². The van der Waals surface area contributed by atoms with Gasteiger partial charge in [0.2, 0.25) is 0 Å². The van der Waals surface area contributed by atoms with Crippen molar-refractivity contribution in [3.8, 4) is 5.75 Å². The zero-order chi connectivity index (χ0) is 17.9. The van der Waals surface area contributed by atoms with Crippen LogP contribution in [0.25, 0.3) is 0 Å². The van der Waals surface area contributed by atoms with Gasteiger partial charge in [0.15, 0.2) is 0 Å². The van der Waals surface area contributed by atoms with E-state index in [1.165, 1.54) is 30.3 Å². The predicted molar refractivity (Wildman–Crippen MR) is 92.5 cm³/mol. The molecule has 1 amide bonds. The van der Waals surface area contributed by atoms with Crippen molar-refractivity contribution in [1.29, 1.82) is 0 Å². The Bertz CT molecular complexity index is 767. The van der Waals surface area contributed by atoms with Gasteiger partial charge in [-0.15, -0.1) is 0 Å². The molecule has 0 aliphatic carbocycles. The molecule has 0 bridgehead atoms. The minimum absolute atomic E-state index is 0.0532. The third-order valence-corrected chi connectivity index (χ3v) is 4.24. The molecular weight excluding hydrogens is 308 g/mol. The molecule has 2 rings (SSSR count). The first-order chi connectivity index (χ1) is 11.2. The van der Waals surface area contributed by atoms with Gasteiger partial charge >= 0.3 is 0 Å². The highest BCUT2D eigenvalue weighted by Gasteiger charge is 2.21. The number of phenols is 1. The lowest BCUT2D eigenvalue weighted by Gasteiger charge is -2.24. The Morgan fingerprint density at radius 2 is 1.83 bits per heavy atom. The van der Waals surface area contributed by atoms with Gasteiger partial charge < -0.3 is 10.4 Å². The van der Waals surface area contributed by atoms with Gasteiger partial charge in [0, 0.05) is 17.8 Å². The molecule has 0 spiro atoms. The highest BCUT2D eigenvalue weighted by Crippen LogP contribution is 2.30. The number of non-ortho nitro benzene ring substituents is 1. The number of nitrogens with one attached hydrogen (secondary N) is 1. The van der Waals surface area contributed by atoms with Crippen LogP contribution in [-0.2, 0) is 5.41 Å². The van der Waals surface area contributed by atoms with E-state index in [0.717, 1.165) is 12.0 Å². The van der Waals surface area contributed by atoms with Crippen LogP contribution in [0.1, 0.15) is 43.1 Å². The molecule has 0 fully saturated rings.